The number of aliphatic imine (C=N–C) groups is 1. The molecule has 4 rings (SSSR count). The average molecular weight is 422 g/mol. The van der Waals surface area contributed by atoms with Crippen molar-refractivity contribution in [3.05, 3.63) is 53.1 Å². The Morgan fingerprint density at radius 3 is 3.00 bits per heavy atom. The molecular weight excluding hydrogens is 399 g/mol. The number of rotatable bonds is 5. The molecule has 0 radical (unpaired) electrons. The Kier molecular flexibility index (Phi) is 5.27. The highest BCUT2D eigenvalue weighted by Gasteiger charge is 2.57. The molecule has 8 heteroatoms. The molecule has 0 unspecified atom stereocenters. The highest BCUT2D eigenvalue weighted by Crippen LogP contribution is 2.53. The van der Waals surface area contributed by atoms with E-state index in [1.165, 1.54) is 18.3 Å². The lowest BCUT2D eigenvalue weighted by molar-refractivity contribution is 0.102. The van der Waals surface area contributed by atoms with Crippen molar-refractivity contribution >= 4 is 17.6 Å². The lowest BCUT2D eigenvalue weighted by atomic mass is 9.86. The summed E-state index contributed by atoms with van der Waals surface area (Å²) in [5, 5.41) is 2.79. The maximum absolute atomic E-state index is 14.7. The van der Waals surface area contributed by atoms with Crippen LogP contribution in [0.3, 0.4) is 0 Å². The molecule has 3 atom stereocenters. The van der Waals surface area contributed by atoms with Gasteiger partial charge in [0.1, 0.15) is 30.0 Å². The van der Waals surface area contributed by atoms with Gasteiger partial charge in [-0.2, -0.15) is 0 Å². The molecule has 1 fully saturated rings. The first-order valence-corrected chi connectivity index (χ1v) is 9.94. The molecule has 31 heavy (non-hydrogen) atoms. The van der Waals surface area contributed by atoms with E-state index in [-0.39, 0.29) is 30.3 Å². The van der Waals surface area contributed by atoms with Crippen molar-refractivity contribution in [2.24, 2.45) is 16.6 Å². The zero-order chi connectivity index (χ0) is 22.2. The third-order valence-corrected chi connectivity index (χ3v) is 5.59. The third kappa shape index (κ3) is 4.04. The average Bonchev–Trinajstić information content (AvgIpc) is 3.50. The van der Waals surface area contributed by atoms with Crippen molar-refractivity contribution in [2.45, 2.75) is 38.8 Å². The summed E-state index contributed by atoms with van der Waals surface area (Å²) in [5.74, 6) is 5.31. The fourth-order valence-corrected chi connectivity index (χ4v) is 3.89. The fraction of sp³-hybridized carbons (Fsp3) is 0.348. The molecule has 0 bridgehead atoms. The second-order valence-corrected chi connectivity index (χ2v) is 7.80. The van der Waals surface area contributed by atoms with Crippen LogP contribution in [0, 0.1) is 30.5 Å². The van der Waals surface area contributed by atoms with Gasteiger partial charge in [0.05, 0.1) is 11.7 Å². The highest BCUT2D eigenvalue weighted by molar-refractivity contribution is 6.03. The molecule has 0 saturated heterocycles. The Morgan fingerprint density at radius 2 is 2.26 bits per heavy atom. The molecule has 1 aliphatic heterocycles. The lowest BCUT2D eigenvalue weighted by Gasteiger charge is -2.30. The summed E-state index contributed by atoms with van der Waals surface area (Å²) >= 11 is 0. The number of hydrogen-bond donors (Lipinski definition) is 2. The van der Waals surface area contributed by atoms with Crippen molar-refractivity contribution in [1.29, 1.82) is 0 Å². The number of nitrogens with two attached hydrogens (primary N) is 1. The molecule has 2 heterocycles. The highest BCUT2D eigenvalue weighted by atomic mass is 19.1. The van der Waals surface area contributed by atoms with E-state index in [4.69, 9.17) is 15.2 Å². The number of pyridine rings is 1. The molecule has 7 nitrogen and oxygen atoms in total. The number of carbonyl (C=O) groups is 1. The second kappa shape index (κ2) is 7.91. The molecule has 1 saturated carbocycles. The molecule has 1 amide bonds. The van der Waals surface area contributed by atoms with E-state index in [0.717, 1.165) is 6.42 Å². The van der Waals surface area contributed by atoms with Crippen molar-refractivity contribution < 1.29 is 18.7 Å². The van der Waals surface area contributed by atoms with Gasteiger partial charge >= 0.3 is 0 Å². The van der Waals surface area contributed by atoms with Gasteiger partial charge in [-0.1, -0.05) is 5.92 Å². The Balaban J connectivity index is 1.55. The van der Waals surface area contributed by atoms with Crippen LogP contribution in [0.1, 0.15) is 41.9 Å². The van der Waals surface area contributed by atoms with Crippen LogP contribution in [-0.2, 0) is 10.3 Å². The van der Waals surface area contributed by atoms with Gasteiger partial charge < -0.3 is 20.5 Å². The summed E-state index contributed by atoms with van der Waals surface area (Å²) in [6, 6.07) is 6.21. The van der Waals surface area contributed by atoms with Gasteiger partial charge in [0.15, 0.2) is 0 Å². The molecule has 0 spiro atoms. The number of fused-ring (bicyclic) bond motifs is 1. The number of amidine groups is 1. The van der Waals surface area contributed by atoms with Gasteiger partial charge in [0, 0.05) is 17.2 Å². The van der Waals surface area contributed by atoms with E-state index in [1.807, 2.05) is 6.92 Å². The minimum atomic E-state index is -0.841. The van der Waals surface area contributed by atoms with Crippen LogP contribution in [0.25, 0.3) is 0 Å². The first kappa shape index (κ1) is 20.7. The van der Waals surface area contributed by atoms with Crippen LogP contribution in [0.5, 0.6) is 5.75 Å². The quantitative estimate of drug-likeness (QED) is 0.722. The molecule has 3 N–H and O–H groups in total. The lowest BCUT2D eigenvalue weighted by Crippen LogP contribution is -2.35. The number of aryl methyl sites for hydroxylation is 1. The van der Waals surface area contributed by atoms with Crippen LogP contribution in [0.15, 0.2) is 35.5 Å². The number of aromatic nitrogens is 1. The Hall–Kier alpha value is -3.60. The first-order valence-electron chi connectivity index (χ1n) is 9.94. The van der Waals surface area contributed by atoms with Gasteiger partial charge in [-0.15, -0.1) is 5.92 Å². The summed E-state index contributed by atoms with van der Waals surface area (Å²) < 4.78 is 25.6. The minimum absolute atomic E-state index is 0.0453. The van der Waals surface area contributed by atoms with Gasteiger partial charge in [-0.05, 0) is 57.0 Å². The maximum Gasteiger partial charge on any atom is 0.283 e. The molecular formula is C23H23FN4O3. The monoisotopic (exact) mass is 422 g/mol. The van der Waals surface area contributed by atoms with Gasteiger partial charge in [0.2, 0.25) is 0 Å². The van der Waals surface area contributed by atoms with Gasteiger partial charge in [-0.3, -0.25) is 4.79 Å². The summed E-state index contributed by atoms with van der Waals surface area (Å²) in [7, 11) is 0. The van der Waals surface area contributed by atoms with Crippen molar-refractivity contribution in [2.75, 3.05) is 11.9 Å². The zero-order valence-electron chi connectivity index (χ0n) is 17.5. The topological polar surface area (TPSA) is 98.8 Å². The molecule has 2 aromatic rings. The maximum atomic E-state index is 14.7. The van der Waals surface area contributed by atoms with E-state index in [0.29, 0.717) is 22.6 Å². The van der Waals surface area contributed by atoms with Crippen LogP contribution < -0.4 is 15.8 Å². The number of amides is 1. The standard InChI is InChI=1S/C23H23FN4O3/c1-4-5-8-30-15-9-13(2)20(26-12-15)21(29)27-14-6-7-18(24)16(10-14)23(3)17-11-19(17)31-22(25)28-23/h6-7,9-10,12,17,19H,8,11H2,1-3H3,(H2,25,28)(H,27,29)/t17-,19+,23-/m1/s1. The van der Waals surface area contributed by atoms with E-state index < -0.39 is 17.3 Å². The molecule has 160 valence electrons. The van der Waals surface area contributed by atoms with Crippen LogP contribution in [0.4, 0.5) is 10.1 Å². The second-order valence-electron chi connectivity index (χ2n) is 7.80. The number of benzene rings is 1. The largest absolute Gasteiger partial charge is 0.479 e. The Morgan fingerprint density at radius 1 is 1.45 bits per heavy atom. The van der Waals surface area contributed by atoms with E-state index in [9.17, 15) is 9.18 Å². The van der Waals surface area contributed by atoms with Crippen molar-refractivity contribution in [3.8, 4) is 17.6 Å². The SMILES string of the molecule is CC#CCOc1cnc(C(=O)Nc2ccc(F)c([C@@]3(C)N=C(N)O[C@H]4C[C@H]43)c2)c(C)c1. The number of nitrogens with zero attached hydrogens (tertiary/aromatic N) is 2. The predicted octanol–water partition coefficient (Wildman–Crippen LogP) is 3.13. The van der Waals surface area contributed by atoms with E-state index >= 15 is 0 Å². The summed E-state index contributed by atoms with van der Waals surface area (Å²) in [4.78, 5) is 21.4. The normalized spacial score (nSPS) is 23.4. The number of ether oxygens (including phenoxy) is 2. The smallest absolute Gasteiger partial charge is 0.283 e. The molecule has 1 aromatic heterocycles. The third-order valence-electron chi connectivity index (χ3n) is 5.59. The number of hydrogen-bond acceptors (Lipinski definition) is 6. The van der Waals surface area contributed by atoms with Crippen molar-refractivity contribution in [1.82, 2.24) is 4.98 Å². The fourth-order valence-electron chi connectivity index (χ4n) is 3.89. The van der Waals surface area contributed by atoms with Crippen LogP contribution in [0.2, 0.25) is 0 Å². The number of nitrogens with one attached hydrogen (secondary N) is 1. The molecule has 1 aliphatic carbocycles. The number of anilines is 1. The van der Waals surface area contributed by atoms with Crippen LogP contribution in [-0.4, -0.2) is 29.6 Å². The summed E-state index contributed by atoms with van der Waals surface area (Å²) in [6.07, 6.45) is 2.19. The van der Waals surface area contributed by atoms with Crippen molar-refractivity contribution in [3.63, 3.8) is 0 Å². The summed E-state index contributed by atoms with van der Waals surface area (Å²) in [5.41, 5.74) is 6.66. The molecule has 2 aliphatic rings. The number of carbonyl (C=O) groups excluding carboxylic acids is 1. The Labute approximate surface area is 179 Å². The summed E-state index contributed by atoms with van der Waals surface area (Å²) in [6.45, 7) is 5.59. The first-order chi connectivity index (χ1) is 14.8. The predicted molar refractivity (Wildman–Crippen MR) is 114 cm³/mol. The minimum Gasteiger partial charge on any atom is -0.479 e. The van der Waals surface area contributed by atoms with Gasteiger partial charge in [-0.25, -0.2) is 14.4 Å². The van der Waals surface area contributed by atoms with E-state index in [1.54, 1.807) is 26.0 Å². The van der Waals surface area contributed by atoms with E-state index in [2.05, 4.69) is 27.1 Å². The zero-order valence-corrected chi connectivity index (χ0v) is 17.5. The Bertz CT molecular complexity index is 1140. The number of halogens is 1. The van der Waals surface area contributed by atoms with Crippen LogP contribution >= 0.6 is 0 Å². The molecule has 1 aromatic carbocycles. The van der Waals surface area contributed by atoms with Gasteiger partial charge in [0.25, 0.3) is 11.9 Å².